The van der Waals surface area contributed by atoms with Gasteiger partial charge in [0.25, 0.3) is 16.0 Å². The number of para-hydroxylation sites is 1. The summed E-state index contributed by atoms with van der Waals surface area (Å²) in [6.07, 6.45) is 0. The molecule has 0 spiro atoms. The summed E-state index contributed by atoms with van der Waals surface area (Å²) >= 11 is 0. The molecule has 0 saturated heterocycles. The third-order valence-corrected chi connectivity index (χ3v) is 4.50. The smallest absolute Gasteiger partial charge is 1.00 e. The maximum absolute atomic E-state index is 11.9. The van der Waals surface area contributed by atoms with Crippen molar-refractivity contribution < 1.29 is 53.5 Å². The van der Waals surface area contributed by atoms with Crippen molar-refractivity contribution in [2.24, 2.45) is 0 Å². The summed E-state index contributed by atoms with van der Waals surface area (Å²) in [5.74, 6) is 0.581. The van der Waals surface area contributed by atoms with Crippen molar-refractivity contribution >= 4 is 27.4 Å². The Labute approximate surface area is 155 Å². The van der Waals surface area contributed by atoms with Gasteiger partial charge >= 0.3 is 29.6 Å². The van der Waals surface area contributed by atoms with Crippen molar-refractivity contribution in [2.75, 3.05) is 11.6 Å². The Bertz CT molecular complexity index is 935. The Kier molecular flexibility index (Phi) is 3.89. The summed E-state index contributed by atoms with van der Waals surface area (Å²) in [7, 11) is -4.31. The third kappa shape index (κ3) is 2.52. The fraction of sp³-hybridized carbons (Fsp3) is 0.0714. The molecule has 2 aromatic rings. The maximum Gasteiger partial charge on any atom is 1.00 e. The SMILES string of the molecule is O=C1NCN2c3ccc(S(=O)(=O)O)cc3Oc3cccc1c32.[H-].[Na+]. The minimum Gasteiger partial charge on any atom is -1.00 e. The van der Waals surface area contributed by atoms with E-state index >= 15 is 0 Å². The van der Waals surface area contributed by atoms with E-state index in [1.54, 1.807) is 18.2 Å². The largest absolute Gasteiger partial charge is 1.00 e. The van der Waals surface area contributed by atoms with Gasteiger partial charge in [-0.3, -0.25) is 9.35 Å². The van der Waals surface area contributed by atoms with Crippen LogP contribution in [0, 0.1) is 0 Å². The average molecular weight is 342 g/mol. The van der Waals surface area contributed by atoms with Crippen LogP contribution in [0.25, 0.3) is 0 Å². The molecule has 0 atom stereocenters. The van der Waals surface area contributed by atoms with Crippen LogP contribution in [-0.4, -0.2) is 25.5 Å². The number of fused-ring (bicyclic) bond motifs is 2. The Hall–Kier alpha value is -1.58. The topological polar surface area (TPSA) is 95.9 Å². The van der Waals surface area contributed by atoms with E-state index in [1.165, 1.54) is 18.2 Å². The number of nitrogens with one attached hydrogen (secondary N) is 1. The molecule has 7 nitrogen and oxygen atoms in total. The molecule has 9 heteroatoms. The summed E-state index contributed by atoms with van der Waals surface area (Å²) in [6.45, 7) is 0.254. The second-order valence-corrected chi connectivity index (χ2v) is 6.37. The van der Waals surface area contributed by atoms with Crippen LogP contribution in [0.2, 0.25) is 0 Å². The number of hydrogen-bond acceptors (Lipinski definition) is 5. The monoisotopic (exact) mass is 342 g/mol. The first-order chi connectivity index (χ1) is 10.4. The molecule has 114 valence electrons. The van der Waals surface area contributed by atoms with Gasteiger partial charge in [-0.25, -0.2) is 0 Å². The number of carbonyl (C=O) groups excluding carboxylic acids is 1. The van der Waals surface area contributed by atoms with Gasteiger partial charge in [0.2, 0.25) is 0 Å². The fourth-order valence-electron chi connectivity index (χ4n) is 2.68. The standard InChI is InChI=1S/C14H10N2O5S.Na.H/c17-14-9-2-1-3-11-13(9)16(7-15-14)10-5-4-8(22(18,19)20)6-12(10)21-11;;/h1-6H,7H2,(H,15,17)(H,18,19,20);;/q;+1;-1. The molecule has 4 rings (SSSR count). The molecule has 0 aromatic heterocycles. The molecule has 2 N–H and O–H groups in total. The van der Waals surface area contributed by atoms with Crippen LogP contribution >= 0.6 is 0 Å². The molecule has 0 saturated carbocycles. The minimum atomic E-state index is -4.31. The second-order valence-electron chi connectivity index (χ2n) is 4.95. The summed E-state index contributed by atoms with van der Waals surface area (Å²) in [6, 6.07) is 9.18. The molecule has 23 heavy (non-hydrogen) atoms. The van der Waals surface area contributed by atoms with Gasteiger partial charge in [-0.2, -0.15) is 8.42 Å². The molecule has 0 aliphatic carbocycles. The number of benzene rings is 2. The van der Waals surface area contributed by atoms with Gasteiger partial charge in [0.15, 0.2) is 11.5 Å². The van der Waals surface area contributed by atoms with Crippen LogP contribution in [0.3, 0.4) is 0 Å². The summed E-state index contributed by atoms with van der Waals surface area (Å²) < 4.78 is 37.4. The third-order valence-electron chi connectivity index (χ3n) is 3.65. The molecule has 2 aliphatic heterocycles. The van der Waals surface area contributed by atoms with E-state index in [2.05, 4.69) is 5.32 Å². The van der Waals surface area contributed by atoms with Crippen LogP contribution in [-0.2, 0) is 10.1 Å². The quantitative estimate of drug-likeness (QED) is 0.510. The van der Waals surface area contributed by atoms with Crippen molar-refractivity contribution in [1.82, 2.24) is 5.32 Å². The first kappa shape index (κ1) is 16.3. The van der Waals surface area contributed by atoms with Crippen LogP contribution in [0.1, 0.15) is 11.8 Å². The van der Waals surface area contributed by atoms with E-state index in [1.807, 2.05) is 4.90 Å². The van der Waals surface area contributed by atoms with E-state index in [4.69, 9.17) is 9.29 Å². The van der Waals surface area contributed by atoms with Gasteiger partial charge in [-0.15, -0.1) is 0 Å². The zero-order chi connectivity index (χ0) is 15.5. The molecule has 0 radical (unpaired) electrons. The number of anilines is 2. The zero-order valence-electron chi connectivity index (χ0n) is 13.1. The fourth-order valence-corrected chi connectivity index (χ4v) is 3.17. The number of carbonyl (C=O) groups is 1. The van der Waals surface area contributed by atoms with E-state index in [-0.39, 0.29) is 48.5 Å². The van der Waals surface area contributed by atoms with Gasteiger partial charge in [0, 0.05) is 6.07 Å². The van der Waals surface area contributed by atoms with Crippen molar-refractivity contribution in [3.8, 4) is 11.5 Å². The molecule has 0 unspecified atom stereocenters. The van der Waals surface area contributed by atoms with Gasteiger partial charge in [0.05, 0.1) is 28.5 Å². The van der Waals surface area contributed by atoms with Crippen molar-refractivity contribution in [1.29, 1.82) is 0 Å². The Morgan fingerprint density at radius 1 is 1.22 bits per heavy atom. The summed E-state index contributed by atoms with van der Waals surface area (Å²) in [5.41, 5.74) is 1.76. The number of nitrogens with zero attached hydrogens (tertiary/aromatic N) is 1. The summed E-state index contributed by atoms with van der Waals surface area (Å²) in [5, 5.41) is 2.75. The van der Waals surface area contributed by atoms with E-state index in [0.29, 0.717) is 28.4 Å². The molecular formula is C14H11N2NaO5S. The van der Waals surface area contributed by atoms with E-state index < -0.39 is 10.1 Å². The molecule has 0 bridgehead atoms. The normalized spacial score (nSPS) is 14.8. The predicted molar refractivity (Wildman–Crippen MR) is 78.4 cm³/mol. The van der Waals surface area contributed by atoms with Crippen LogP contribution < -0.4 is 44.5 Å². The Morgan fingerprint density at radius 2 is 2.00 bits per heavy atom. The van der Waals surface area contributed by atoms with Gasteiger partial charge < -0.3 is 16.4 Å². The number of hydrogen-bond donors (Lipinski definition) is 2. The van der Waals surface area contributed by atoms with E-state index in [9.17, 15) is 13.2 Å². The summed E-state index contributed by atoms with van der Waals surface area (Å²) in [4.78, 5) is 13.5. The molecule has 2 heterocycles. The average Bonchev–Trinajstić information content (AvgIpc) is 2.48. The van der Waals surface area contributed by atoms with E-state index in [0.717, 1.165) is 0 Å². The number of ether oxygens (including phenoxy) is 1. The van der Waals surface area contributed by atoms with Crippen molar-refractivity contribution in [3.63, 3.8) is 0 Å². The predicted octanol–water partition coefficient (Wildman–Crippen LogP) is -1.01. The van der Waals surface area contributed by atoms with Gasteiger partial charge in [-0.1, -0.05) is 6.07 Å². The minimum absolute atomic E-state index is 0. The van der Waals surface area contributed by atoms with Crippen molar-refractivity contribution in [2.45, 2.75) is 4.90 Å². The molecule has 1 amide bonds. The van der Waals surface area contributed by atoms with Gasteiger partial charge in [-0.05, 0) is 24.3 Å². The molecule has 0 fully saturated rings. The second kappa shape index (κ2) is 5.50. The first-order valence-corrected chi connectivity index (χ1v) is 7.87. The molecule has 2 aliphatic rings. The first-order valence-electron chi connectivity index (χ1n) is 6.43. The van der Waals surface area contributed by atoms with Crippen LogP contribution in [0.15, 0.2) is 41.3 Å². The van der Waals surface area contributed by atoms with Crippen LogP contribution in [0.5, 0.6) is 11.5 Å². The molecule has 2 aromatic carbocycles. The maximum atomic E-state index is 11.9. The van der Waals surface area contributed by atoms with Gasteiger partial charge in [0.1, 0.15) is 0 Å². The number of amides is 1. The van der Waals surface area contributed by atoms with Crippen molar-refractivity contribution in [3.05, 3.63) is 42.0 Å². The molecular weight excluding hydrogens is 331 g/mol. The number of rotatable bonds is 1. The Morgan fingerprint density at radius 3 is 2.74 bits per heavy atom. The zero-order valence-corrected chi connectivity index (χ0v) is 14.9. The Balaban J connectivity index is 0.00000104. The van der Waals surface area contributed by atoms with Crippen LogP contribution in [0.4, 0.5) is 11.4 Å².